The second-order valence-electron chi connectivity index (χ2n) is 5.75. The molecule has 110 valence electrons. The van der Waals surface area contributed by atoms with E-state index in [1.165, 1.54) is 11.3 Å². The van der Waals surface area contributed by atoms with Crippen LogP contribution in [-0.2, 0) is 6.42 Å². The largest absolute Gasteiger partial charge is 0.367 e. The van der Waals surface area contributed by atoms with Crippen LogP contribution in [0.1, 0.15) is 23.9 Å². The zero-order valence-corrected chi connectivity index (χ0v) is 12.9. The average molecular weight is 282 g/mol. The molecule has 1 aliphatic heterocycles. The molecular weight excluding hydrogens is 260 g/mol. The van der Waals surface area contributed by atoms with Crippen LogP contribution in [0, 0.1) is 13.8 Å². The summed E-state index contributed by atoms with van der Waals surface area (Å²) >= 11 is 0. The standard InChI is InChI=1S/C17H22N4/c1-12-11-19-14(3)17(20-12)18-8-9-21-13(2)10-15-6-4-5-7-16(15)21/h4-7,11,13H,8-10H2,1-3H3,(H,18,20). The van der Waals surface area contributed by atoms with Crippen molar-refractivity contribution in [3.8, 4) is 0 Å². The highest BCUT2D eigenvalue weighted by Gasteiger charge is 2.24. The summed E-state index contributed by atoms with van der Waals surface area (Å²) in [7, 11) is 0. The second-order valence-corrected chi connectivity index (χ2v) is 5.75. The van der Waals surface area contributed by atoms with Gasteiger partial charge in [-0.1, -0.05) is 18.2 Å². The van der Waals surface area contributed by atoms with Crippen LogP contribution in [0.2, 0.25) is 0 Å². The summed E-state index contributed by atoms with van der Waals surface area (Å²) in [5.41, 5.74) is 4.73. The maximum absolute atomic E-state index is 4.51. The van der Waals surface area contributed by atoms with E-state index in [0.29, 0.717) is 6.04 Å². The molecule has 0 aliphatic carbocycles. The quantitative estimate of drug-likeness (QED) is 0.936. The van der Waals surface area contributed by atoms with Gasteiger partial charge in [0.1, 0.15) is 5.82 Å². The molecule has 1 N–H and O–H groups in total. The first-order chi connectivity index (χ1) is 10.1. The zero-order valence-electron chi connectivity index (χ0n) is 12.9. The number of hydrogen-bond acceptors (Lipinski definition) is 4. The van der Waals surface area contributed by atoms with E-state index in [1.807, 2.05) is 13.8 Å². The Balaban J connectivity index is 1.64. The van der Waals surface area contributed by atoms with Gasteiger partial charge in [-0.3, -0.25) is 4.98 Å². The van der Waals surface area contributed by atoms with Gasteiger partial charge in [-0.05, 0) is 38.8 Å². The number of anilines is 2. The molecule has 0 spiro atoms. The Morgan fingerprint density at radius 1 is 1.29 bits per heavy atom. The highest BCUT2D eigenvalue weighted by atomic mass is 15.2. The predicted octanol–water partition coefficient (Wildman–Crippen LogP) is 2.96. The molecule has 0 bridgehead atoms. The van der Waals surface area contributed by atoms with Crippen molar-refractivity contribution in [2.45, 2.75) is 33.2 Å². The Hall–Kier alpha value is -2.10. The van der Waals surface area contributed by atoms with Crippen molar-refractivity contribution in [3.05, 3.63) is 47.4 Å². The van der Waals surface area contributed by atoms with Crippen molar-refractivity contribution >= 4 is 11.5 Å². The van der Waals surface area contributed by atoms with Gasteiger partial charge in [-0.2, -0.15) is 0 Å². The van der Waals surface area contributed by atoms with Gasteiger partial charge in [0.15, 0.2) is 0 Å². The lowest BCUT2D eigenvalue weighted by molar-refractivity contribution is 0.680. The first-order valence-electron chi connectivity index (χ1n) is 7.54. The molecule has 1 atom stereocenters. The molecule has 0 amide bonds. The van der Waals surface area contributed by atoms with Crippen molar-refractivity contribution in [2.24, 2.45) is 0 Å². The lowest BCUT2D eigenvalue weighted by Crippen LogP contribution is -2.33. The lowest BCUT2D eigenvalue weighted by atomic mass is 10.1. The van der Waals surface area contributed by atoms with Gasteiger partial charge in [0.25, 0.3) is 0 Å². The molecular formula is C17H22N4. The van der Waals surface area contributed by atoms with Crippen molar-refractivity contribution < 1.29 is 0 Å². The summed E-state index contributed by atoms with van der Waals surface area (Å²) in [5, 5.41) is 3.42. The first-order valence-corrected chi connectivity index (χ1v) is 7.54. The molecule has 0 radical (unpaired) electrons. The zero-order chi connectivity index (χ0) is 14.8. The number of nitrogens with zero attached hydrogens (tertiary/aromatic N) is 3. The van der Waals surface area contributed by atoms with Crippen molar-refractivity contribution in [2.75, 3.05) is 23.3 Å². The van der Waals surface area contributed by atoms with Crippen molar-refractivity contribution in [1.82, 2.24) is 9.97 Å². The third-order valence-electron chi connectivity index (χ3n) is 4.07. The number of fused-ring (bicyclic) bond motifs is 1. The highest BCUT2D eigenvalue weighted by molar-refractivity contribution is 5.59. The SMILES string of the molecule is Cc1cnc(C)c(NCCN2c3ccccc3CC2C)n1. The molecule has 0 saturated carbocycles. The maximum atomic E-state index is 4.51. The summed E-state index contributed by atoms with van der Waals surface area (Å²) < 4.78 is 0. The Kier molecular flexibility index (Phi) is 3.78. The Morgan fingerprint density at radius 3 is 2.95 bits per heavy atom. The molecule has 3 rings (SSSR count). The lowest BCUT2D eigenvalue weighted by Gasteiger charge is -2.25. The van der Waals surface area contributed by atoms with Gasteiger partial charge in [0.2, 0.25) is 0 Å². The van der Waals surface area contributed by atoms with Crippen LogP contribution in [0.4, 0.5) is 11.5 Å². The fourth-order valence-electron chi connectivity index (χ4n) is 2.97. The number of hydrogen-bond donors (Lipinski definition) is 1. The number of aryl methyl sites for hydroxylation is 2. The van der Waals surface area contributed by atoms with Gasteiger partial charge < -0.3 is 10.2 Å². The minimum Gasteiger partial charge on any atom is -0.367 e. The number of aromatic nitrogens is 2. The molecule has 1 aromatic carbocycles. The van der Waals surface area contributed by atoms with E-state index >= 15 is 0 Å². The monoisotopic (exact) mass is 282 g/mol. The van der Waals surface area contributed by atoms with Gasteiger partial charge in [0, 0.05) is 31.0 Å². The smallest absolute Gasteiger partial charge is 0.147 e. The summed E-state index contributed by atoms with van der Waals surface area (Å²) in [5.74, 6) is 0.898. The van der Waals surface area contributed by atoms with Crippen molar-refractivity contribution in [1.29, 1.82) is 0 Å². The molecule has 4 heteroatoms. The summed E-state index contributed by atoms with van der Waals surface area (Å²) in [6.45, 7) is 8.10. The third-order valence-corrected chi connectivity index (χ3v) is 4.07. The van der Waals surface area contributed by atoms with E-state index in [-0.39, 0.29) is 0 Å². The molecule has 4 nitrogen and oxygen atoms in total. The third kappa shape index (κ3) is 2.84. The van der Waals surface area contributed by atoms with E-state index in [4.69, 9.17) is 0 Å². The van der Waals surface area contributed by atoms with Crippen LogP contribution in [0.25, 0.3) is 0 Å². The van der Waals surface area contributed by atoms with Gasteiger partial charge in [0.05, 0.1) is 11.4 Å². The van der Waals surface area contributed by atoms with Gasteiger partial charge in [-0.25, -0.2) is 4.98 Å². The normalized spacial score (nSPS) is 16.9. The molecule has 2 heterocycles. The first kappa shape index (κ1) is 13.9. The molecule has 2 aromatic rings. The fraction of sp³-hybridized carbons (Fsp3) is 0.412. The molecule has 1 aliphatic rings. The van der Waals surface area contributed by atoms with Crippen LogP contribution >= 0.6 is 0 Å². The van der Waals surface area contributed by atoms with E-state index < -0.39 is 0 Å². The predicted molar refractivity (Wildman–Crippen MR) is 86.9 cm³/mol. The van der Waals surface area contributed by atoms with Crippen molar-refractivity contribution in [3.63, 3.8) is 0 Å². The van der Waals surface area contributed by atoms with Crippen LogP contribution in [0.5, 0.6) is 0 Å². The number of para-hydroxylation sites is 1. The Bertz CT molecular complexity index is 638. The minimum atomic E-state index is 0.564. The highest BCUT2D eigenvalue weighted by Crippen LogP contribution is 2.31. The van der Waals surface area contributed by atoms with E-state index in [9.17, 15) is 0 Å². The average Bonchev–Trinajstić information content (AvgIpc) is 2.79. The molecule has 1 unspecified atom stereocenters. The summed E-state index contributed by atoms with van der Waals surface area (Å²) in [4.78, 5) is 11.3. The number of rotatable bonds is 4. The number of nitrogens with one attached hydrogen (secondary N) is 1. The minimum absolute atomic E-state index is 0.564. The fourth-order valence-corrected chi connectivity index (χ4v) is 2.97. The molecule has 1 aromatic heterocycles. The van der Waals surface area contributed by atoms with Crippen LogP contribution in [0.3, 0.4) is 0 Å². The van der Waals surface area contributed by atoms with Gasteiger partial charge >= 0.3 is 0 Å². The molecule has 21 heavy (non-hydrogen) atoms. The Labute approximate surface area is 126 Å². The second kappa shape index (κ2) is 5.72. The van der Waals surface area contributed by atoms with E-state index in [1.54, 1.807) is 6.20 Å². The van der Waals surface area contributed by atoms with Crippen LogP contribution in [0.15, 0.2) is 30.5 Å². The Morgan fingerprint density at radius 2 is 2.10 bits per heavy atom. The maximum Gasteiger partial charge on any atom is 0.147 e. The van der Waals surface area contributed by atoms with Crippen LogP contribution in [-0.4, -0.2) is 29.1 Å². The molecule has 0 saturated heterocycles. The van der Waals surface area contributed by atoms with E-state index in [0.717, 1.165) is 36.7 Å². The number of benzene rings is 1. The van der Waals surface area contributed by atoms with Gasteiger partial charge in [-0.15, -0.1) is 0 Å². The summed E-state index contributed by atoms with van der Waals surface area (Å²) in [6, 6.07) is 9.26. The molecule has 0 fully saturated rings. The van der Waals surface area contributed by atoms with E-state index in [2.05, 4.69) is 51.4 Å². The van der Waals surface area contributed by atoms with Crippen LogP contribution < -0.4 is 10.2 Å². The topological polar surface area (TPSA) is 41.1 Å². The summed E-state index contributed by atoms with van der Waals surface area (Å²) in [6.07, 6.45) is 2.94.